The van der Waals surface area contributed by atoms with Crippen molar-refractivity contribution in [2.24, 2.45) is 52.3 Å². The van der Waals surface area contributed by atoms with Gasteiger partial charge in [-0.2, -0.15) is 0 Å². The highest BCUT2D eigenvalue weighted by Crippen LogP contribution is 2.70. The van der Waals surface area contributed by atoms with Crippen molar-refractivity contribution >= 4 is 5.78 Å². The third-order valence-electron chi connectivity index (χ3n) is 11.6. The summed E-state index contributed by atoms with van der Waals surface area (Å²) in [5, 5.41) is 0. The molecule has 4 saturated carbocycles. The van der Waals surface area contributed by atoms with Crippen LogP contribution in [0.1, 0.15) is 113 Å². The van der Waals surface area contributed by atoms with E-state index in [1.807, 2.05) is 0 Å². The van der Waals surface area contributed by atoms with Gasteiger partial charge in [0, 0.05) is 18.8 Å². The normalized spacial score (nSPS) is 49.3. The molecule has 1 heterocycles. The Morgan fingerprint density at radius 1 is 0.848 bits per heavy atom. The molecule has 0 unspecified atom stereocenters. The molecule has 0 N–H and O–H groups in total. The minimum atomic E-state index is -0.526. The van der Waals surface area contributed by atoms with Crippen molar-refractivity contribution in [3.8, 4) is 0 Å². The molecule has 33 heavy (non-hydrogen) atoms. The maximum atomic E-state index is 12.6. The molecule has 5 fully saturated rings. The first-order valence-electron chi connectivity index (χ1n) is 14.3. The van der Waals surface area contributed by atoms with Gasteiger partial charge in [-0.25, -0.2) is 0 Å². The molecule has 5 rings (SSSR count). The molecule has 0 aromatic carbocycles. The molecule has 5 aliphatic rings. The van der Waals surface area contributed by atoms with Crippen LogP contribution in [0.2, 0.25) is 0 Å². The molecule has 3 heteroatoms. The fourth-order valence-corrected chi connectivity index (χ4v) is 10.00. The van der Waals surface area contributed by atoms with E-state index in [-0.39, 0.29) is 17.6 Å². The van der Waals surface area contributed by atoms with Crippen LogP contribution in [-0.2, 0) is 14.3 Å². The van der Waals surface area contributed by atoms with Crippen molar-refractivity contribution in [2.45, 2.75) is 131 Å². The molecule has 10 atom stereocenters. The van der Waals surface area contributed by atoms with Crippen LogP contribution < -0.4 is 0 Å². The minimum Gasteiger partial charge on any atom is -0.344 e. The predicted molar refractivity (Wildman–Crippen MR) is 133 cm³/mol. The molecule has 1 aliphatic heterocycles. The topological polar surface area (TPSA) is 35.5 Å². The lowest BCUT2D eigenvalue weighted by molar-refractivity contribution is -0.182. The third kappa shape index (κ3) is 3.87. The largest absolute Gasteiger partial charge is 0.344 e. The van der Waals surface area contributed by atoms with Gasteiger partial charge in [0.2, 0.25) is 0 Å². The summed E-state index contributed by atoms with van der Waals surface area (Å²) < 4.78 is 13.4. The molecular weight excluding hydrogens is 408 g/mol. The van der Waals surface area contributed by atoms with Gasteiger partial charge in [0.05, 0.1) is 12.2 Å². The predicted octanol–water partition coefficient (Wildman–Crippen LogP) is 7.42. The molecule has 0 amide bonds. The van der Waals surface area contributed by atoms with Crippen LogP contribution in [0.5, 0.6) is 0 Å². The van der Waals surface area contributed by atoms with Crippen LogP contribution in [0.4, 0.5) is 0 Å². The second-order valence-corrected chi connectivity index (χ2v) is 14.2. The molecule has 0 aromatic rings. The maximum Gasteiger partial charge on any atom is 0.163 e. The first-order chi connectivity index (χ1) is 15.5. The first-order valence-corrected chi connectivity index (χ1v) is 14.3. The monoisotopic (exact) mass is 458 g/mol. The smallest absolute Gasteiger partial charge is 0.163 e. The van der Waals surface area contributed by atoms with Gasteiger partial charge >= 0.3 is 0 Å². The number of Topliss-reactive ketones (excluding diaryl/α,β-unsaturated/α-hetero) is 1. The van der Waals surface area contributed by atoms with E-state index in [4.69, 9.17) is 9.47 Å². The van der Waals surface area contributed by atoms with Crippen LogP contribution in [0.25, 0.3) is 0 Å². The summed E-state index contributed by atoms with van der Waals surface area (Å²) in [5.41, 5.74) is 0.665. The standard InChI is InChI=1S/C30H50O3/c1-18(2)9-8-10-19(3)21-11-12-22-25-23(14-16-29(21,22)6)30(7)15-13-20(31)17-24(30)26-27(25)33-28(4,5)32-26/h18-19,21-27H,8-17H2,1-7H3/t19-,21-,22+,23+,24-,25+,26-,27-,29-,30-/m1/s1. The zero-order chi connectivity index (χ0) is 23.8. The Morgan fingerprint density at radius 2 is 1.55 bits per heavy atom. The molecule has 188 valence electrons. The van der Waals surface area contributed by atoms with E-state index in [1.165, 1.54) is 44.9 Å². The Hall–Kier alpha value is -0.410. The van der Waals surface area contributed by atoms with E-state index in [0.29, 0.717) is 35.4 Å². The Morgan fingerprint density at radius 3 is 2.27 bits per heavy atom. The highest BCUT2D eigenvalue weighted by molar-refractivity contribution is 5.79. The summed E-state index contributed by atoms with van der Waals surface area (Å²) in [4.78, 5) is 12.6. The van der Waals surface area contributed by atoms with Crippen LogP contribution in [0, 0.1) is 52.3 Å². The Labute approximate surface area is 203 Å². The van der Waals surface area contributed by atoms with Gasteiger partial charge in [0.1, 0.15) is 5.78 Å². The number of ether oxygens (including phenoxy) is 2. The van der Waals surface area contributed by atoms with Crippen LogP contribution in [0.3, 0.4) is 0 Å². The fourth-order valence-electron chi connectivity index (χ4n) is 10.00. The minimum absolute atomic E-state index is 0.0976. The summed E-state index contributed by atoms with van der Waals surface area (Å²) in [5.74, 6) is 4.77. The lowest BCUT2D eigenvalue weighted by Gasteiger charge is -2.63. The van der Waals surface area contributed by atoms with Gasteiger partial charge in [0.25, 0.3) is 0 Å². The van der Waals surface area contributed by atoms with Crippen molar-refractivity contribution in [1.82, 2.24) is 0 Å². The van der Waals surface area contributed by atoms with Crippen molar-refractivity contribution in [1.29, 1.82) is 0 Å². The number of rotatable bonds is 5. The maximum absolute atomic E-state index is 12.6. The van der Waals surface area contributed by atoms with Crippen molar-refractivity contribution in [3.05, 3.63) is 0 Å². The molecule has 0 aromatic heterocycles. The molecule has 1 saturated heterocycles. The van der Waals surface area contributed by atoms with E-state index in [0.717, 1.165) is 36.5 Å². The number of hydrogen-bond acceptors (Lipinski definition) is 3. The second kappa shape index (κ2) is 8.32. The average molecular weight is 459 g/mol. The van der Waals surface area contributed by atoms with Gasteiger partial charge in [0.15, 0.2) is 5.79 Å². The SMILES string of the molecule is CC(C)CCC[C@@H](C)[C@H]1CC[C@H]2[C@@H]3[C@H]4OC(C)(C)O[C@@H]4[C@H]4CC(=O)CC[C@]4(C)[C@H]3CC[C@]12C. The summed E-state index contributed by atoms with van der Waals surface area (Å²) in [7, 11) is 0. The summed E-state index contributed by atoms with van der Waals surface area (Å²) >= 11 is 0. The van der Waals surface area contributed by atoms with Crippen molar-refractivity contribution < 1.29 is 14.3 Å². The van der Waals surface area contributed by atoms with E-state index < -0.39 is 5.79 Å². The van der Waals surface area contributed by atoms with E-state index in [1.54, 1.807) is 0 Å². The zero-order valence-corrected chi connectivity index (χ0v) is 22.5. The molecule has 3 nitrogen and oxygen atoms in total. The molecule has 0 radical (unpaired) electrons. The van der Waals surface area contributed by atoms with Gasteiger partial charge in [-0.15, -0.1) is 0 Å². The molecule has 0 spiro atoms. The first kappa shape index (κ1) is 24.3. The summed E-state index contributed by atoms with van der Waals surface area (Å²) in [6, 6.07) is 0. The van der Waals surface area contributed by atoms with E-state index in [2.05, 4.69) is 48.5 Å². The number of carbonyl (C=O) groups excluding carboxylic acids is 1. The lowest BCUT2D eigenvalue weighted by Crippen LogP contribution is -2.63. The summed E-state index contributed by atoms with van der Waals surface area (Å²) in [6.45, 7) is 16.6. The second-order valence-electron chi connectivity index (χ2n) is 14.2. The number of fused-ring (bicyclic) bond motifs is 8. The van der Waals surface area contributed by atoms with E-state index in [9.17, 15) is 4.79 Å². The number of carbonyl (C=O) groups is 1. The quantitative estimate of drug-likeness (QED) is 0.430. The highest BCUT2D eigenvalue weighted by Gasteiger charge is 2.68. The molecule has 0 bridgehead atoms. The van der Waals surface area contributed by atoms with Gasteiger partial charge in [-0.1, -0.05) is 53.9 Å². The van der Waals surface area contributed by atoms with Crippen LogP contribution in [0.15, 0.2) is 0 Å². The Bertz CT molecular complexity index is 758. The highest BCUT2D eigenvalue weighted by atomic mass is 16.8. The number of ketones is 1. The van der Waals surface area contributed by atoms with Crippen molar-refractivity contribution in [2.75, 3.05) is 0 Å². The van der Waals surface area contributed by atoms with E-state index >= 15 is 0 Å². The molecular formula is C30H50O3. The van der Waals surface area contributed by atoms with Crippen LogP contribution in [-0.4, -0.2) is 23.8 Å². The average Bonchev–Trinajstić information content (AvgIpc) is 3.24. The summed E-state index contributed by atoms with van der Waals surface area (Å²) in [6.07, 6.45) is 12.4. The third-order valence-corrected chi connectivity index (χ3v) is 11.6. The van der Waals surface area contributed by atoms with Crippen LogP contribution >= 0.6 is 0 Å². The zero-order valence-electron chi connectivity index (χ0n) is 22.5. The number of hydrogen-bond donors (Lipinski definition) is 0. The molecule has 4 aliphatic carbocycles. The van der Waals surface area contributed by atoms with Gasteiger partial charge in [-0.05, 0) is 92.3 Å². The lowest BCUT2D eigenvalue weighted by atomic mass is 9.43. The van der Waals surface area contributed by atoms with Gasteiger partial charge < -0.3 is 9.47 Å². The Kier molecular flexibility index (Phi) is 6.13. The van der Waals surface area contributed by atoms with Crippen molar-refractivity contribution in [3.63, 3.8) is 0 Å². The van der Waals surface area contributed by atoms with Gasteiger partial charge in [-0.3, -0.25) is 4.79 Å². The Balaban J connectivity index is 1.43. The fraction of sp³-hybridized carbons (Fsp3) is 0.967.